The van der Waals surface area contributed by atoms with Crippen molar-refractivity contribution in [3.63, 3.8) is 0 Å². The fourth-order valence-corrected chi connectivity index (χ4v) is 2.65. The normalized spacial score (nSPS) is 17.2. The number of anilines is 1. The highest BCUT2D eigenvalue weighted by atomic mass is 19.4. The molecular formula is C17H20F3N3O. The first-order chi connectivity index (χ1) is 11.3. The Morgan fingerprint density at radius 1 is 1.17 bits per heavy atom. The summed E-state index contributed by atoms with van der Waals surface area (Å²) in [7, 11) is 0. The molecule has 7 heteroatoms. The minimum atomic E-state index is -4.38. The van der Waals surface area contributed by atoms with Crippen LogP contribution in [0.4, 0.5) is 18.9 Å². The van der Waals surface area contributed by atoms with Gasteiger partial charge in [0.1, 0.15) is 5.69 Å². The average Bonchev–Trinajstić information content (AvgIpc) is 2.95. The van der Waals surface area contributed by atoms with E-state index in [4.69, 9.17) is 0 Å². The van der Waals surface area contributed by atoms with Crippen molar-refractivity contribution in [3.05, 3.63) is 47.3 Å². The van der Waals surface area contributed by atoms with Gasteiger partial charge < -0.3 is 4.90 Å². The first-order valence-corrected chi connectivity index (χ1v) is 7.82. The zero-order valence-electron chi connectivity index (χ0n) is 14.1. The summed E-state index contributed by atoms with van der Waals surface area (Å²) in [4.78, 5) is 14.1. The van der Waals surface area contributed by atoms with Crippen molar-refractivity contribution in [1.82, 2.24) is 9.78 Å². The Morgan fingerprint density at radius 2 is 1.75 bits per heavy atom. The first kappa shape index (κ1) is 18.0. The lowest BCUT2D eigenvalue weighted by atomic mass is 10.1. The third-order valence-electron chi connectivity index (χ3n) is 3.80. The van der Waals surface area contributed by atoms with Crippen molar-refractivity contribution < 1.29 is 18.0 Å². The lowest BCUT2D eigenvalue weighted by molar-refractivity contribution is -0.137. The summed E-state index contributed by atoms with van der Waals surface area (Å²) in [6.07, 6.45) is -2.76. The van der Waals surface area contributed by atoms with Gasteiger partial charge in [0.25, 0.3) is 5.91 Å². The minimum Gasteiger partial charge on any atom is -0.305 e. The molecule has 24 heavy (non-hydrogen) atoms. The molecule has 0 radical (unpaired) electrons. The number of carbonyl (C=O) groups excluding carboxylic acids is 1. The molecule has 1 aliphatic rings. The molecule has 0 spiro atoms. The van der Waals surface area contributed by atoms with Gasteiger partial charge in [-0.05, 0) is 38.1 Å². The quantitative estimate of drug-likeness (QED) is 0.769. The van der Waals surface area contributed by atoms with Crippen LogP contribution in [-0.2, 0) is 6.18 Å². The Morgan fingerprint density at radius 3 is 2.29 bits per heavy atom. The van der Waals surface area contributed by atoms with E-state index in [2.05, 4.69) is 5.10 Å². The molecule has 0 aliphatic carbocycles. The summed E-state index contributed by atoms with van der Waals surface area (Å²) in [5, 5.41) is 4.18. The van der Waals surface area contributed by atoms with Crippen LogP contribution in [0.5, 0.6) is 0 Å². The fourth-order valence-electron chi connectivity index (χ4n) is 2.65. The van der Waals surface area contributed by atoms with Gasteiger partial charge in [-0.25, -0.2) is 0 Å². The van der Waals surface area contributed by atoms with E-state index in [0.29, 0.717) is 17.9 Å². The van der Waals surface area contributed by atoms with E-state index in [1.165, 1.54) is 17.0 Å². The average molecular weight is 339 g/mol. The zero-order valence-corrected chi connectivity index (χ0v) is 14.1. The number of aryl methyl sites for hydroxylation is 1. The molecule has 0 fully saturated rings. The number of carbonyl (C=O) groups is 1. The van der Waals surface area contributed by atoms with Gasteiger partial charge >= 0.3 is 6.18 Å². The monoisotopic (exact) mass is 339 g/mol. The minimum absolute atomic E-state index is 0.0382. The van der Waals surface area contributed by atoms with Crippen LogP contribution in [0.25, 0.3) is 0 Å². The summed E-state index contributed by atoms with van der Waals surface area (Å²) >= 11 is 0. The number of nitrogens with zero attached hydrogens (tertiary/aromatic N) is 3. The van der Waals surface area contributed by atoms with Gasteiger partial charge in [-0.3, -0.25) is 9.48 Å². The second-order valence-corrected chi connectivity index (χ2v) is 5.43. The van der Waals surface area contributed by atoms with Gasteiger partial charge in [0.2, 0.25) is 0 Å². The van der Waals surface area contributed by atoms with Crippen molar-refractivity contribution in [1.29, 1.82) is 0 Å². The molecule has 2 heterocycles. The van der Waals surface area contributed by atoms with Crippen LogP contribution in [0.15, 0.2) is 30.5 Å². The Kier molecular flexibility index (Phi) is 5.01. The zero-order chi connectivity index (χ0) is 18.1. The van der Waals surface area contributed by atoms with Crippen LogP contribution in [0, 0.1) is 6.92 Å². The van der Waals surface area contributed by atoms with Crippen molar-refractivity contribution in [3.8, 4) is 0 Å². The maximum Gasteiger partial charge on any atom is 0.416 e. The van der Waals surface area contributed by atoms with E-state index in [-0.39, 0.29) is 11.9 Å². The summed E-state index contributed by atoms with van der Waals surface area (Å²) in [5.74, 6) is -0.243. The van der Waals surface area contributed by atoms with Gasteiger partial charge in [0.15, 0.2) is 0 Å². The lowest BCUT2D eigenvalue weighted by Gasteiger charge is -2.32. The third kappa shape index (κ3) is 3.16. The van der Waals surface area contributed by atoms with Gasteiger partial charge in [-0.2, -0.15) is 18.3 Å². The van der Waals surface area contributed by atoms with Crippen molar-refractivity contribution in [2.45, 2.75) is 39.9 Å². The number of hydrogen-bond acceptors (Lipinski definition) is 2. The van der Waals surface area contributed by atoms with E-state index in [9.17, 15) is 18.0 Å². The molecule has 0 unspecified atom stereocenters. The molecule has 4 nitrogen and oxygen atoms in total. The van der Waals surface area contributed by atoms with Crippen LogP contribution in [0.2, 0.25) is 0 Å². The lowest BCUT2D eigenvalue weighted by Crippen LogP contribution is -2.42. The molecule has 3 rings (SSSR count). The molecule has 1 aromatic heterocycles. The number of alkyl halides is 3. The largest absolute Gasteiger partial charge is 0.416 e. The molecule has 1 aromatic carbocycles. The molecule has 130 valence electrons. The Labute approximate surface area is 138 Å². The number of hydrogen-bond donors (Lipinski definition) is 0. The molecular weight excluding hydrogens is 319 g/mol. The summed E-state index contributed by atoms with van der Waals surface area (Å²) in [5.41, 5.74) is 0.971. The second kappa shape index (κ2) is 6.67. The van der Waals surface area contributed by atoms with E-state index >= 15 is 0 Å². The van der Waals surface area contributed by atoms with Crippen LogP contribution < -0.4 is 4.90 Å². The van der Waals surface area contributed by atoms with Crippen LogP contribution in [0.1, 0.15) is 48.4 Å². The van der Waals surface area contributed by atoms with Crippen molar-refractivity contribution >= 4 is 11.6 Å². The summed E-state index contributed by atoms with van der Waals surface area (Å²) in [6.45, 7) is 8.08. The fraction of sp³-hybridized carbons (Fsp3) is 0.412. The summed E-state index contributed by atoms with van der Waals surface area (Å²) in [6, 6.07) is 4.60. The number of halogens is 3. The van der Waals surface area contributed by atoms with Gasteiger partial charge in [0.05, 0.1) is 17.8 Å². The van der Waals surface area contributed by atoms with E-state index in [0.717, 1.165) is 17.7 Å². The molecule has 0 saturated heterocycles. The highest BCUT2D eigenvalue weighted by molar-refractivity contribution is 6.06. The second-order valence-electron chi connectivity index (χ2n) is 5.43. The van der Waals surface area contributed by atoms with E-state index in [1.54, 1.807) is 17.8 Å². The SMILES string of the molecule is CC.Cc1cnn2c1C(=O)N(c1ccc(C(F)(F)F)cc1)C[C@H]2C. The number of benzene rings is 1. The topological polar surface area (TPSA) is 38.1 Å². The highest BCUT2D eigenvalue weighted by Gasteiger charge is 2.33. The summed E-state index contributed by atoms with van der Waals surface area (Å²) < 4.78 is 39.5. The van der Waals surface area contributed by atoms with Crippen LogP contribution in [0.3, 0.4) is 0 Å². The molecule has 1 aliphatic heterocycles. The standard InChI is InChI=1S/C15H14F3N3O.C2H6/c1-9-7-19-21-10(2)8-20(14(22)13(9)21)12-5-3-11(4-6-12)15(16,17)18;1-2/h3-7,10H,8H2,1-2H3;1-2H3/t10-;/m1./s1. The first-order valence-electron chi connectivity index (χ1n) is 7.82. The third-order valence-corrected chi connectivity index (χ3v) is 3.80. The Balaban J connectivity index is 0.00000100. The number of amides is 1. The molecule has 2 aromatic rings. The number of fused-ring (bicyclic) bond motifs is 1. The predicted molar refractivity (Wildman–Crippen MR) is 86.1 cm³/mol. The molecule has 0 saturated carbocycles. The maximum absolute atomic E-state index is 12.6. The maximum atomic E-state index is 12.6. The predicted octanol–water partition coefficient (Wildman–Crippen LogP) is 4.46. The highest BCUT2D eigenvalue weighted by Crippen LogP contribution is 2.32. The molecule has 1 amide bonds. The van der Waals surface area contributed by atoms with Gasteiger partial charge in [-0.15, -0.1) is 0 Å². The molecule has 0 bridgehead atoms. The van der Waals surface area contributed by atoms with E-state index in [1.807, 2.05) is 20.8 Å². The number of aromatic nitrogens is 2. The van der Waals surface area contributed by atoms with Crippen molar-refractivity contribution in [2.75, 3.05) is 11.4 Å². The molecule has 0 N–H and O–H groups in total. The van der Waals surface area contributed by atoms with Crippen molar-refractivity contribution in [2.24, 2.45) is 0 Å². The number of rotatable bonds is 1. The van der Waals surface area contributed by atoms with Crippen LogP contribution >= 0.6 is 0 Å². The van der Waals surface area contributed by atoms with Crippen LogP contribution in [-0.4, -0.2) is 22.2 Å². The van der Waals surface area contributed by atoms with Gasteiger partial charge in [0, 0.05) is 17.8 Å². The Hall–Kier alpha value is -2.31. The smallest absolute Gasteiger partial charge is 0.305 e. The van der Waals surface area contributed by atoms with E-state index < -0.39 is 11.7 Å². The molecule has 1 atom stereocenters. The Bertz CT molecular complexity index is 720. The van der Waals surface area contributed by atoms with Gasteiger partial charge in [-0.1, -0.05) is 13.8 Å².